The molecule has 0 spiro atoms. The minimum absolute atomic E-state index is 0.779. The van der Waals surface area contributed by atoms with Gasteiger partial charge in [0.2, 0.25) is 0 Å². The van der Waals surface area contributed by atoms with Gasteiger partial charge < -0.3 is 18.5 Å². The molecule has 46 heavy (non-hydrogen) atoms. The van der Waals surface area contributed by atoms with Crippen LogP contribution in [-0.2, 0) is 0 Å². The number of para-hydroxylation sites is 5. The number of hydrogen-bond acceptors (Lipinski definition) is 4. The third kappa shape index (κ3) is 3.67. The van der Waals surface area contributed by atoms with Crippen molar-refractivity contribution in [2.75, 3.05) is 4.90 Å². The van der Waals surface area contributed by atoms with E-state index >= 15 is 0 Å². The number of rotatable bonds is 3. The molecule has 0 fully saturated rings. The van der Waals surface area contributed by atoms with Crippen molar-refractivity contribution in [1.82, 2.24) is 0 Å². The van der Waals surface area contributed by atoms with Gasteiger partial charge in [0.25, 0.3) is 0 Å². The molecule has 3 heterocycles. The quantitative estimate of drug-likeness (QED) is 0.205. The lowest BCUT2D eigenvalue weighted by atomic mass is 9.99. The van der Waals surface area contributed by atoms with E-state index in [0.717, 1.165) is 94.7 Å². The molecule has 0 aliphatic carbocycles. The van der Waals surface area contributed by atoms with E-state index in [9.17, 15) is 0 Å². The van der Waals surface area contributed by atoms with E-state index in [1.807, 2.05) is 30.3 Å². The molecule has 4 nitrogen and oxygen atoms in total. The molecule has 4 heteroatoms. The Bertz CT molecular complexity index is 2470. The van der Waals surface area contributed by atoms with Crippen LogP contribution in [0.15, 0.2) is 160 Å². The number of benzene rings is 7. The number of hydrogen-bond donors (Lipinski definition) is 0. The highest BCUT2D eigenvalue weighted by atomic mass is 16.5. The zero-order chi connectivity index (χ0) is 30.2. The molecular formula is C42H25NO3. The standard InChI is InChI=1S/C42H25NO3/c1-2-10-28(11-3-1)43-35-22-20-26(29-14-8-16-33-31-12-4-6-18-37(31)45-41(29)33)24-39(35)44-40-25-27(21-23-36(40)43)30-15-9-17-34-32-13-5-7-19-38(32)46-42(30)34/h1-25H. The van der Waals surface area contributed by atoms with Gasteiger partial charge >= 0.3 is 0 Å². The number of nitrogens with zero attached hydrogens (tertiary/aromatic N) is 1. The first-order chi connectivity index (χ1) is 22.8. The van der Waals surface area contributed by atoms with Crippen LogP contribution in [0.5, 0.6) is 11.5 Å². The maximum atomic E-state index is 6.79. The smallest absolute Gasteiger partial charge is 0.152 e. The normalized spacial score (nSPS) is 12.5. The van der Waals surface area contributed by atoms with E-state index in [-0.39, 0.29) is 0 Å². The topological polar surface area (TPSA) is 38.8 Å². The lowest BCUT2D eigenvalue weighted by Gasteiger charge is -2.33. The van der Waals surface area contributed by atoms with Gasteiger partial charge in [0.1, 0.15) is 22.3 Å². The first kappa shape index (κ1) is 25.1. The Hall–Kier alpha value is -6.26. The fourth-order valence-electron chi connectivity index (χ4n) is 6.95. The summed E-state index contributed by atoms with van der Waals surface area (Å²) in [6.07, 6.45) is 0. The van der Waals surface area contributed by atoms with Crippen molar-refractivity contribution in [3.63, 3.8) is 0 Å². The van der Waals surface area contributed by atoms with E-state index in [0.29, 0.717) is 0 Å². The van der Waals surface area contributed by atoms with Crippen molar-refractivity contribution in [2.45, 2.75) is 0 Å². The summed E-state index contributed by atoms with van der Waals surface area (Å²) in [4.78, 5) is 2.27. The molecule has 0 atom stereocenters. The molecule has 1 aliphatic heterocycles. The molecule has 0 saturated carbocycles. The Kier molecular flexibility index (Phi) is 5.25. The summed E-state index contributed by atoms with van der Waals surface area (Å²) in [7, 11) is 0. The van der Waals surface area contributed by atoms with Gasteiger partial charge in [-0.25, -0.2) is 0 Å². The third-order valence-electron chi connectivity index (χ3n) is 9.07. The second kappa shape index (κ2) is 9.62. The summed E-state index contributed by atoms with van der Waals surface area (Å²) in [5, 5.41) is 4.44. The van der Waals surface area contributed by atoms with Gasteiger partial charge in [-0.1, -0.05) is 103 Å². The van der Waals surface area contributed by atoms with Gasteiger partial charge in [-0.05, 0) is 59.7 Å². The van der Waals surface area contributed by atoms with Crippen LogP contribution in [0.1, 0.15) is 0 Å². The average molecular weight is 592 g/mol. The minimum Gasteiger partial charge on any atom is -0.455 e. The average Bonchev–Trinajstić information content (AvgIpc) is 3.69. The second-order valence-corrected chi connectivity index (χ2v) is 11.7. The lowest BCUT2D eigenvalue weighted by Crippen LogP contribution is -2.15. The molecule has 2 aromatic heterocycles. The molecule has 0 bridgehead atoms. The molecular weight excluding hydrogens is 566 g/mol. The largest absolute Gasteiger partial charge is 0.455 e. The predicted molar refractivity (Wildman–Crippen MR) is 187 cm³/mol. The molecule has 216 valence electrons. The molecule has 0 saturated heterocycles. The van der Waals surface area contributed by atoms with Crippen molar-refractivity contribution in [3.05, 3.63) is 152 Å². The van der Waals surface area contributed by atoms with E-state index in [1.165, 1.54) is 0 Å². The van der Waals surface area contributed by atoms with Crippen molar-refractivity contribution >= 4 is 60.9 Å². The Morgan fingerprint density at radius 3 is 1.41 bits per heavy atom. The predicted octanol–water partition coefficient (Wildman–Crippen LogP) is 12.4. The van der Waals surface area contributed by atoms with Gasteiger partial charge in [0.15, 0.2) is 11.5 Å². The summed E-state index contributed by atoms with van der Waals surface area (Å²) in [5.74, 6) is 1.56. The zero-order valence-electron chi connectivity index (χ0n) is 24.6. The van der Waals surface area contributed by atoms with Crippen LogP contribution < -0.4 is 9.64 Å². The van der Waals surface area contributed by atoms with E-state index in [2.05, 4.69) is 126 Å². The number of fused-ring (bicyclic) bond motifs is 8. The summed E-state index contributed by atoms with van der Waals surface area (Å²) in [5.41, 5.74) is 10.7. The number of ether oxygens (including phenoxy) is 1. The van der Waals surface area contributed by atoms with E-state index in [4.69, 9.17) is 13.6 Å². The fourth-order valence-corrected chi connectivity index (χ4v) is 6.95. The molecule has 7 aromatic carbocycles. The van der Waals surface area contributed by atoms with E-state index < -0.39 is 0 Å². The Morgan fingerprint density at radius 2 is 0.870 bits per heavy atom. The molecule has 9 aromatic rings. The van der Waals surface area contributed by atoms with Crippen LogP contribution in [0.2, 0.25) is 0 Å². The first-order valence-electron chi connectivity index (χ1n) is 15.4. The highest BCUT2D eigenvalue weighted by Crippen LogP contribution is 2.53. The van der Waals surface area contributed by atoms with Gasteiger partial charge in [0.05, 0.1) is 11.4 Å². The van der Waals surface area contributed by atoms with Crippen molar-refractivity contribution in [2.24, 2.45) is 0 Å². The maximum absolute atomic E-state index is 6.79. The summed E-state index contributed by atoms with van der Waals surface area (Å²) >= 11 is 0. The summed E-state index contributed by atoms with van der Waals surface area (Å²) < 4.78 is 19.6. The monoisotopic (exact) mass is 591 g/mol. The Balaban J connectivity index is 1.14. The molecule has 0 unspecified atom stereocenters. The molecule has 0 amide bonds. The Morgan fingerprint density at radius 1 is 0.391 bits per heavy atom. The van der Waals surface area contributed by atoms with Gasteiger partial charge in [-0.3, -0.25) is 0 Å². The lowest BCUT2D eigenvalue weighted by molar-refractivity contribution is 0.477. The summed E-state index contributed by atoms with van der Waals surface area (Å²) in [6.45, 7) is 0. The fraction of sp³-hybridized carbons (Fsp3) is 0. The van der Waals surface area contributed by atoms with Crippen LogP contribution in [0, 0.1) is 0 Å². The third-order valence-corrected chi connectivity index (χ3v) is 9.07. The SMILES string of the molecule is c1ccc(N2c3ccc(-c4cccc5c4oc4ccccc45)cc3Oc3cc(-c4cccc5c4oc4ccccc45)ccc32)cc1. The Labute approximate surface area is 264 Å². The molecule has 0 N–H and O–H groups in total. The van der Waals surface area contributed by atoms with Crippen LogP contribution in [0.3, 0.4) is 0 Å². The number of furan rings is 2. The highest BCUT2D eigenvalue weighted by molar-refractivity contribution is 6.11. The van der Waals surface area contributed by atoms with Crippen LogP contribution in [0.4, 0.5) is 17.1 Å². The van der Waals surface area contributed by atoms with Crippen molar-refractivity contribution in [1.29, 1.82) is 0 Å². The maximum Gasteiger partial charge on any atom is 0.152 e. The molecule has 10 rings (SSSR count). The first-order valence-corrected chi connectivity index (χ1v) is 15.4. The van der Waals surface area contributed by atoms with Crippen LogP contribution >= 0.6 is 0 Å². The summed E-state index contributed by atoms with van der Waals surface area (Å²) in [6, 6.07) is 52.3. The van der Waals surface area contributed by atoms with Crippen molar-refractivity contribution < 1.29 is 13.6 Å². The second-order valence-electron chi connectivity index (χ2n) is 11.7. The zero-order valence-corrected chi connectivity index (χ0v) is 24.6. The van der Waals surface area contributed by atoms with Crippen LogP contribution in [-0.4, -0.2) is 0 Å². The number of anilines is 3. The molecule has 1 aliphatic rings. The molecule has 0 radical (unpaired) electrons. The van der Waals surface area contributed by atoms with Crippen LogP contribution in [0.25, 0.3) is 66.1 Å². The minimum atomic E-state index is 0.779. The van der Waals surface area contributed by atoms with Gasteiger partial charge in [-0.15, -0.1) is 0 Å². The van der Waals surface area contributed by atoms with Gasteiger partial charge in [0, 0.05) is 38.4 Å². The van der Waals surface area contributed by atoms with Gasteiger partial charge in [-0.2, -0.15) is 0 Å². The van der Waals surface area contributed by atoms with Crippen molar-refractivity contribution in [3.8, 4) is 33.8 Å². The van der Waals surface area contributed by atoms with E-state index in [1.54, 1.807) is 0 Å². The highest BCUT2D eigenvalue weighted by Gasteiger charge is 2.27.